The van der Waals surface area contributed by atoms with Gasteiger partial charge in [0, 0.05) is 25.7 Å². The zero-order valence-electron chi connectivity index (χ0n) is 13.6. The summed E-state index contributed by atoms with van der Waals surface area (Å²) in [5, 5.41) is 7.39. The quantitative estimate of drug-likeness (QED) is 0.947. The Hall–Kier alpha value is -2.50. The third-order valence-corrected chi connectivity index (χ3v) is 3.98. The van der Waals surface area contributed by atoms with E-state index in [4.69, 9.17) is 9.84 Å². The molecule has 2 amide bonds. The molecule has 0 aliphatic carbocycles. The first-order valence-corrected chi connectivity index (χ1v) is 7.98. The van der Waals surface area contributed by atoms with E-state index in [0.29, 0.717) is 13.2 Å². The molecule has 0 fully saturated rings. The van der Waals surface area contributed by atoms with Crippen molar-refractivity contribution < 1.29 is 9.53 Å². The minimum absolute atomic E-state index is 0.0396. The Labute approximate surface area is 136 Å². The van der Waals surface area contributed by atoms with Crippen LogP contribution in [0.2, 0.25) is 0 Å². The van der Waals surface area contributed by atoms with Crippen molar-refractivity contribution >= 4 is 6.03 Å². The maximum Gasteiger partial charge on any atom is 0.317 e. The first kappa shape index (κ1) is 15.4. The van der Waals surface area contributed by atoms with Crippen molar-refractivity contribution in [1.29, 1.82) is 0 Å². The summed E-state index contributed by atoms with van der Waals surface area (Å²) in [5.74, 6) is 0.864. The Morgan fingerprint density at radius 3 is 2.78 bits per heavy atom. The number of amides is 2. The average molecular weight is 314 g/mol. The molecule has 1 N–H and O–H groups in total. The number of hydrogen-bond acceptors (Lipinski definition) is 3. The van der Waals surface area contributed by atoms with Gasteiger partial charge < -0.3 is 15.0 Å². The topological polar surface area (TPSA) is 59.4 Å². The number of ether oxygens (including phenoxy) is 1. The van der Waals surface area contributed by atoms with Crippen molar-refractivity contribution in [2.75, 3.05) is 20.2 Å². The van der Waals surface area contributed by atoms with Gasteiger partial charge in [-0.3, -0.25) is 4.68 Å². The van der Waals surface area contributed by atoms with E-state index in [1.165, 1.54) is 0 Å². The van der Waals surface area contributed by atoms with Gasteiger partial charge in [0.2, 0.25) is 0 Å². The highest BCUT2D eigenvalue weighted by Crippen LogP contribution is 2.24. The highest BCUT2D eigenvalue weighted by atomic mass is 16.5. The van der Waals surface area contributed by atoms with Gasteiger partial charge in [-0.05, 0) is 43.7 Å². The van der Waals surface area contributed by atoms with Crippen molar-refractivity contribution in [2.24, 2.45) is 0 Å². The maximum atomic E-state index is 11.9. The first-order valence-electron chi connectivity index (χ1n) is 7.98. The van der Waals surface area contributed by atoms with Crippen LogP contribution >= 0.6 is 0 Å². The summed E-state index contributed by atoms with van der Waals surface area (Å²) >= 11 is 0. The lowest BCUT2D eigenvalue weighted by atomic mass is 10.1. The molecule has 0 saturated heterocycles. The summed E-state index contributed by atoms with van der Waals surface area (Å²) in [5.41, 5.74) is 3.05. The zero-order chi connectivity index (χ0) is 16.2. The van der Waals surface area contributed by atoms with Gasteiger partial charge in [0.05, 0.1) is 24.5 Å². The number of carbonyl (C=O) groups excluding carboxylic acids is 1. The second-order valence-corrected chi connectivity index (χ2v) is 5.53. The van der Waals surface area contributed by atoms with Crippen molar-refractivity contribution in [3.05, 3.63) is 36.0 Å². The van der Waals surface area contributed by atoms with Crippen molar-refractivity contribution in [3.63, 3.8) is 0 Å². The fourth-order valence-electron chi connectivity index (χ4n) is 2.82. The average Bonchev–Trinajstić information content (AvgIpc) is 2.87. The van der Waals surface area contributed by atoms with Crippen LogP contribution in [-0.2, 0) is 13.1 Å². The Kier molecular flexibility index (Phi) is 4.50. The number of nitrogens with zero attached hydrogens (tertiary/aromatic N) is 3. The van der Waals surface area contributed by atoms with Crippen molar-refractivity contribution in [3.8, 4) is 17.0 Å². The van der Waals surface area contributed by atoms with Crippen LogP contribution in [0.1, 0.15) is 19.0 Å². The van der Waals surface area contributed by atoms with Crippen LogP contribution in [0.3, 0.4) is 0 Å². The van der Waals surface area contributed by atoms with E-state index in [9.17, 15) is 4.79 Å². The van der Waals surface area contributed by atoms with E-state index in [-0.39, 0.29) is 6.03 Å². The molecule has 23 heavy (non-hydrogen) atoms. The van der Waals surface area contributed by atoms with E-state index >= 15 is 0 Å². The van der Waals surface area contributed by atoms with Gasteiger partial charge >= 0.3 is 6.03 Å². The number of aromatic nitrogens is 2. The summed E-state index contributed by atoms with van der Waals surface area (Å²) in [6, 6.07) is 9.98. The highest BCUT2D eigenvalue weighted by molar-refractivity contribution is 5.73. The molecular weight excluding hydrogens is 292 g/mol. The Bertz CT molecular complexity index is 678. The maximum absolute atomic E-state index is 11.9. The Morgan fingerprint density at radius 2 is 2.09 bits per heavy atom. The van der Waals surface area contributed by atoms with E-state index < -0.39 is 0 Å². The van der Waals surface area contributed by atoms with Crippen LogP contribution in [0.5, 0.6) is 5.75 Å². The highest BCUT2D eigenvalue weighted by Gasteiger charge is 2.20. The Morgan fingerprint density at radius 1 is 1.30 bits per heavy atom. The van der Waals surface area contributed by atoms with Gasteiger partial charge in [-0.15, -0.1) is 0 Å². The molecule has 6 heteroatoms. The van der Waals surface area contributed by atoms with Gasteiger partial charge in [-0.2, -0.15) is 5.10 Å². The third-order valence-electron chi connectivity index (χ3n) is 3.98. The van der Waals surface area contributed by atoms with Gasteiger partial charge in [-0.1, -0.05) is 0 Å². The molecule has 0 bridgehead atoms. The molecule has 1 aliphatic heterocycles. The second-order valence-electron chi connectivity index (χ2n) is 5.53. The molecule has 122 valence electrons. The molecular formula is C17H22N4O2. The molecule has 3 rings (SSSR count). The smallest absolute Gasteiger partial charge is 0.317 e. The van der Waals surface area contributed by atoms with Crippen LogP contribution in [-0.4, -0.2) is 40.9 Å². The number of hydrogen-bond donors (Lipinski definition) is 1. The number of aryl methyl sites for hydroxylation is 1. The summed E-state index contributed by atoms with van der Waals surface area (Å²) in [6.07, 6.45) is 0.908. The zero-order valence-corrected chi connectivity index (χ0v) is 13.6. The number of urea groups is 1. The number of fused-ring (bicyclic) bond motifs is 1. The van der Waals surface area contributed by atoms with Gasteiger partial charge in [0.15, 0.2) is 0 Å². The molecule has 2 aromatic rings. The van der Waals surface area contributed by atoms with E-state index in [2.05, 4.69) is 11.4 Å². The minimum atomic E-state index is -0.0396. The largest absolute Gasteiger partial charge is 0.494 e. The molecule has 0 radical (unpaired) electrons. The SMILES string of the molecule is CCOc1ccc(-c2cc3n(n2)CCCN(C(=O)NC)C3)cc1. The molecule has 2 heterocycles. The molecule has 1 aromatic heterocycles. The van der Waals surface area contributed by atoms with E-state index in [1.807, 2.05) is 40.8 Å². The van der Waals surface area contributed by atoms with Crippen LogP contribution in [0.25, 0.3) is 11.3 Å². The molecule has 6 nitrogen and oxygen atoms in total. The summed E-state index contributed by atoms with van der Waals surface area (Å²) in [6.45, 7) is 4.80. The molecule has 0 atom stereocenters. The monoisotopic (exact) mass is 314 g/mol. The Balaban J connectivity index is 1.82. The standard InChI is InChI=1S/C17H22N4O2/c1-3-23-15-7-5-13(6-8-15)16-11-14-12-20(17(22)18-2)9-4-10-21(14)19-16/h5-8,11H,3-4,9-10,12H2,1-2H3,(H,18,22). The lowest BCUT2D eigenvalue weighted by molar-refractivity contribution is 0.198. The van der Waals surface area contributed by atoms with Crippen molar-refractivity contribution in [2.45, 2.75) is 26.4 Å². The van der Waals surface area contributed by atoms with Crippen LogP contribution in [0.4, 0.5) is 4.79 Å². The van der Waals surface area contributed by atoms with E-state index in [0.717, 1.165) is 42.2 Å². The lowest BCUT2D eigenvalue weighted by Crippen LogP contribution is -2.37. The van der Waals surface area contributed by atoms with Gasteiger partial charge in [0.1, 0.15) is 5.75 Å². The fourth-order valence-corrected chi connectivity index (χ4v) is 2.82. The first-order chi connectivity index (χ1) is 11.2. The van der Waals surface area contributed by atoms with Crippen molar-refractivity contribution in [1.82, 2.24) is 20.0 Å². The van der Waals surface area contributed by atoms with E-state index in [1.54, 1.807) is 7.05 Å². The molecule has 0 saturated carbocycles. The van der Waals surface area contributed by atoms with Crippen LogP contribution in [0, 0.1) is 0 Å². The molecule has 1 aliphatic rings. The number of carbonyl (C=O) groups is 1. The van der Waals surface area contributed by atoms with Gasteiger partial charge in [-0.25, -0.2) is 4.79 Å². The third kappa shape index (κ3) is 3.31. The lowest BCUT2D eigenvalue weighted by Gasteiger charge is -2.18. The second kappa shape index (κ2) is 6.73. The molecule has 0 spiro atoms. The number of benzene rings is 1. The summed E-state index contributed by atoms with van der Waals surface area (Å²) in [4.78, 5) is 13.7. The van der Waals surface area contributed by atoms with Crippen LogP contribution < -0.4 is 10.1 Å². The normalized spacial score (nSPS) is 14.1. The number of nitrogens with one attached hydrogen (secondary N) is 1. The van der Waals surface area contributed by atoms with Gasteiger partial charge in [0.25, 0.3) is 0 Å². The van der Waals surface area contributed by atoms with Crippen LogP contribution in [0.15, 0.2) is 30.3 Å². The molecule has 0 unspecified atom stereocenters. The summed E-state index contributed by atoms with van der Waals surface area (Å²) < 4.78 is 7.48. The molecule has 1 aromatic carbocycles. The minimum Gasteiger partial charge on any atom is -0.494 e. The number of rotatable bonds is 3. The predicted octanol–water partition coefficient (Wildman–Crippen LogP) is 2.49. The predicted molar refractivity (Wildman–Crippen MR) is 88.3 cm³/mol. The summed E-state index contributed by atoms with van der Waals surface area (Å²) in [7, 11) is 1.66. The fraction of sp³-hybridized carbons (Fsp3) is 0.412.